The molecule has 0 aliphatic rings. The SMILES string of the molecule is NCc1ccc(F)cc1S(=O)(=O)NCc1cccnc1. The highest BCUT2D eigenvalue weighted by Crippen LogP contribution is 2.17. The molecule has 0 unspecified atom stereocenters. The van der Waals surface area contributed by atoms with Crippen molar-refractivity contribution in [2.75, 3.05) is 0 Å². The van der Waals surface area contributed by atoms with Gasteiger partial charge in [-0.3, -0.25) is 4.98 Å². The van der Waals surface area contributed by atoms with Crippen LogP contribution in [0, 0.1) is 5.82 Å². The fourth-order valence-electron chi connectivity index (χ4n) is 1.71. The van der Waals surface area contributed by atoms with E-state index in [0.717, 1.165) is 6.07 Å². The van der Waals surface area contributed by atoms with E-state index in [1.165, 1.54) is 12.1 Å². The molecule has 0 fully saturated rings. The van der Waals surface area contributed by atoms with Crippen LogP contribution in [0.15, 0.2) is 47.6 Å². The van der Waals surface area contributed by atoms with Crippen LogP contribution in [0.1, 0.15) is 11.1 Å². The Morgan fingerprint density at radius 1 is 1.30 bits per heavy atom. The summed E-state index contributed by atoms with van der Waals surface area (Å²) in [4.78, 5) is 3.76. The monoisotopic (exact) mass is 295 g/mol. The maximum atomic E-state index is 13.2. The van der Waals surface area contributed by atoms with Gasteiger partial charge in [-0.05, 0) is 29.3 Å². The number of pyridine rings is 1. The molecule has 1 aromatic carbocycles. The molecule has 1 heterocycles. The average Bonchev–Trinajstić information content (AvgIpc) is 2.46. The number of nitrogens with two attached hydrogens (primary N) is 1. The van der Waals surface area contributed by atoms with Crippen molar-refractivity contribution in [3.63, 3.8) is 0 Å². The molecule has 20 heavy (non-hydrogen) atoms. The molecule has 0 radical (unpaired) electrons. The Bertz CT molecular complexity index is 690. The maximum absolute atomic E-state index is 13.2. The van der Waals surface area contributed by atoms with Gasteiger partial charge in [-0.1, -0.05) is 12.1 Å². The zero-order valence-corrected chi connectivity index (χ0v) is 11.4. The van der Waals surface area contributed by atoms with Crippen molar-refractivity contribution in [2.24, 2.45) is 5.73 Å². The lowest BCUT2D eigenvalue weighted by Gasteiger charge is -2.10. The Morgan fingerprint density at radius 2 is 2.10 bits per heavy atom. The smallest absolute Gasteiger partial charge is 0.241 e. The van der Waals surface area contributed by atoms with Crippen LogP contribution in [-0.2, 0) is 23.1 Å². The predicted octanol–water partition coefficient (Wildman–Crippen LogP) is 1.16. The van der Waals surface area contributed by atoms with Crippen LogP contribution in [0.5, 0.6) is 0 Å². The Hall–Kier alpha value is -1.83. The predicted molar refractivity (Wildman–Crippen MR) is 72.6 cm³/mol. The minimum Gasteiger partial charge on any atom is -0.326 e. The van der Waals surface area contributed by atoms with Gasteiger partial charge < -0.3 is 5.73 Å². The van der Waals surface area contributed by atoms with Gasteiger partial charge in [0.05, 0.1) is 4.90 Å². The van der Waals surface area contributed by atoms with Crippen LogP contribution in [0.3, 0.4) is 0 Å². The number of hydrogen-bond acceptors (Lipinski definition) is 4. The van der Waals surface area contributed by atoms with Crippen LogP contribution in [-0.4, -0.2) is 13.4 Å². The van der Waals surface area contributed by atoms with Crippen molar-refractivity contribution in [3.05, 3.63) is 59.7 Å². The molecule has 5 nitrogen and oxygen atoms in total. The molecular formula is C13H14FN3O2S. The summed E-state index contributed by atoms with van der Waals surface area (Å²) in [5.41, 5.74) is 6.56. The number of benzene rings is 1. The quantitative estimate of drug-likeness (QED) is 0.866. The molecule has 3 N–H and O–H groups in total. The van der Waals surface area contributed by atoms with Crippen molar-refractivity contribution in [2.45, 2.75) is 18.0 Å². The van der Waals surface area contributed by atoms with E-state index in [-0.39, 0.29) is 18.0 Å². The van der Waals surface area contributed by atoms with Gasteiger partial charge in [-0.2, -0.15) is 0 Å². The van der Waals surface area contributed by atoms with Crippen molar-refractivity contribution in [3.8, 4) is 0 Å². The molecule has 0 saturated heterocycles. The Balaban J connectivity index is 2.24. The molecule has 1 aromatic heterocycles. The zero-order chi connectivity index (χ0) is 14.6. The van der Waals surface area contributed by atoms with Crippen LogP contribution in [0.25, 0.3) is 0 Å². The summed E-state index contributed by atoms with van der Waals surface area (Å²) in [5.74, 6) is -0.621. The number of rotatable bonds is 5. The topological polar surface area (TPSA) is 85.1 Å². The van der Waals surface area contributed by atoms with E-state index in [2.05, 4.69) is 9.71 Å². The summed E-state index contributed by atoms with van der Waals surface area (Å²) in [6.45, 7) is 0.0973. The number of sulfonamides is 1. The van der Waals surface area contributed by atoms with Gasteiger partial charge in [0.15, 0.2) is 0 Å². The molecule has 0 aliphatic carbocycles. The molecule has 0 spiro atoms. The third-order valence-electron chi connectivity index (χ3n) is 2.73. The summed E-state index contributed by atoms with van der Waals surface area (Å²) in [6, 6.07) is 6.96. The molecule has 2 rings (SSSR count). The summed E-state index contributed by atoms with van der Waals surface area (Å²) in [7, 11) is -3.82. The summed E-state index contributed by atoms with van der Waals surface area (Å²) in [5, 5.41) is 0. The molecular weight excluding hydrogens is 281 g/mol. The first-order chi connectivity index (χ1) is 9.53. The second-order valence-corrected chi connectivity index (χ2v) is 5.88. The van der Waals surface area contributed by atoms with E-state index in [1.54, 1.807) is 24.5 Å². The first-order valence-electron chi connectivity index (χ1n) is 5.90. The number of aromatic nitrogens is 1. The second-order valence-electron chi connectivity index (χ2n) is 4.14. The van der Waals surface area contributed by atoms with Gasteiger partial charge in [0.25, 0.3) is 0 Å². The maximum Gasteiger partial charge on any atom is 0.241 e. The van der Waals surface area contributed by atoms with E-state index < -0.39 is 15.8 Å². The van der Waals surface area contributed by atoms with Gasteiger partial charge in [0.1, 0.15) is 5.82 Å². The van der Waals surface area contributed by atoms with Crippen LogP contribution in [0.4, 0.5) is 4.39 Å². The van der Waals surface area contributed by atoms with Crippen molar-refractivity contribution < 1.29 is 12.8 Å². The van der Waals surface area contributed by atoms with Crippen molar-refractivity contribution >= 4 is 10.0 Å². The number of hydrogen-bond donors (Lipinski definition) is 2. The van der Waals surface area contributed by atoms with Crippen LogP contribution < -0.4 is 10.5 Å². The highest BCUT2D eigenvalue weighted by Gasteiger charge is 2.18. The first kappa shape index (κ1) is 14.6. The largest absolute Gasteiger partial charge is 0.326 e. The molecule has 0 bridgehead atoms. The lowest BCUT2D eigenvalue weighted by Crippen LogP contribution is -2.25. The van der Waals surface area contributed by atoms with E-state index in [0.29, 0.717) is 11.1 Å². The lowest BCUT2D eigenvalue weighted by molar-refractivity contribution is 0.575. The average molecular weight is 295 g/mol. The van der Waals surface area contributed by atoms with E-state index in [4.69, 9.17) is 5.73 Å². The van der Waals surface area contributed by atoms with Gasteiger partial charge >= 0.3 is 0 Å². The van der Waals surface area contributed by atoms with Gasteiger partial charge in [-0.15, -0.1) is 0 Å². The Labute approximate surface area is 116 Å². The normalized spacial score (nSPS) is 11.5. The van der Waals surface area contributed by atoms with Gasteiger partial charge in [0.2, 0.25) is 10.0 Å². The third-order valence-corrected chi connectivity index (χ3v) is 4.21. The highest BCUT2D eigenvalue weighted by molar-refractivity contribution is 7.89. The summed E-state index contributed by atoms with van der Waals surface area (Å²) < 4.78 is 40.0. The number of nitrogens with one attached hydrogen (secondary N) is 1. The van der Waals surface area contributed by atoms with Gasteiger partial charge in [0, 0.05) is 25.5 Å². The van der Waals surface area contributed by atoms with Crippen LogP contribution >= 0.6 is 0 Å². The summed E-state index contributed by atoms with van der Waals surface area (Å²) in [6.07, 6.45) is 3.15. The van der Waals surface area contributed by atoms with E-state index in [1.807, 2.05) is 0 Å². The third kappa shape index (κ3) is 3.38. The minimum atomic E-state index is -3.82. The molecule has 0 aliphatic heterocycles. The minimum absolute atomic E-state index is 0.0173. The molecule has 106 valence electrons. The number of halogens is 1. The molecule has 7 heteroatoms. The standard InChI is InChI=1S/C13H14FN3O2S/c14-12-4-3-11(7-15)13(6-12)20(18,19)17-9-10-2-1-5-16-8-10/h1-6,8,17H,7,9,15H2. The van der Waals surface area contributed by atoms with Crippen molar-refractivity contribution in [1.82, 2.24) is 9.71 Å². The fourth-order valence-corrected chi connectivity index (χ4v) is 2.98. The number of nitrogens with zero attached hydrogens (tertiary/aromatic N) is 1. The first-order valence-corrected chi connectivity index (χ1v) is 7.38. The summed E-state index contributed by atoms with van der Waals surface area (Å²) >= 11 is 0. The fraction of sp³-hybridized carbons (Fsp3) is 0.154. The molecule has 0 amide bonds. The van der Waals surface area contributed by atoms with Crippen LogP contribution in [0.2, 0.25) is 0 Å². The molecule has 0 saturated carbocycles. The second kappa shape index (κ2) is 6.08. The Kier molecular flexibility index (Phi) is 4.43. The highest BCUT2D eigenvalue weighted by atomic mass is 32.2. The van der Waals surface area contributed by atoms with E-state index >= 15 is 0 Å². The lowest BCUT2D eigenvalue weighted by atomic mass is 10.2. The van der Waals surface area contributed by atoms with Gasteiger partial charge in [-0.25, -0.2) is 17.5 Å². The zero-order valence-electron chi connectivity index (χ0n) is 10.6. The molecule has 2 aromatic rings. The molecule has 0 atom stereocenters. The van der Waals surface area contributed by atoms with Crippen molar-refractivity contribution in [1.29, 1.82) is 0 Å². The van der Waals surface area contributed by atoms with E-state index in [9.17, 15) is 12.8 Å². The Morgan fingerprint density at radius 3 is 2.75 bits per heavy atom.